The quantitative estimate of drug-likeness (QED) is 0.383. The van der Waals surface area contributed by atoms with Crippen molar-refractivity contribution < 1.29 is 9.53 Å². The summed E-state index contributed by atoms with van der Waals surface area (Å²) in [6.45, 7) is 2.64. The molecule has 5 heteroatoms. The van der Waals surface area contributed by atoms with Crippen LogP contribution in [-0.2, 0) is 10.2 Å². The topological polar surface area (TPSA) is 62.1 Å². The van der Waals surface area contributed by atoms with E-state index in [9.17, 15) is 10.1 Å². The summed E-state index contributed by atoms with van der Waals surface area (Å²) in [5.41, 5.74) is 3.32. The highest BCUT2D eigenvalue weighted by molar-refractivity contribution is 6.30. The molecule has 1 aliphatic carbocycles. The third-order valence-corrected chi connectivity index (χ3v) is 7.71. The molecule has 0 heterocycles. The average molecular weight is 487 g/mol. The van der Waals surface area contributed by atoms with E-state index in [2.05, 4.69) is 18.3 Å². The summed E-state index contributed by atoms with van der Waals surface area (Å²) in [5, 5.41) is 13.5. The molecule has 2 atom stereocenters. The van der Waals surface area contributed by atoms with Crippen LogP contribution in [0.1, 0.15) is 66.7 Å². The molecule has 1 aliphatic rings. The van der Waals surface area contributed by atoms with Crippen molar-refractivity contribution in [3.63, 3.8) is 0 Å². The molecule has 0 saturated heterocycles. The number of carbonyl (C=O) groups is 1. The fourth-order valence-corrected chi connectivity index (χ4v) is 5.45. The minimum Gasteiger partial charge on any atom is -0.497 e. The second kappa shape index (κ2) is 11.0. The lowest BCUT2D eigenvalue weighted by atomic mass is 9.77. The summed E-state index contributed by atoms with van der Waals surface area (Å²) in [5.74, 6) is 0.978. The number of nitrogens with zero attached hydrogens (tertiary/aromatic N) is 1. The van der Waals surface area contributed by atoms with Crippen LogP contribution in [0.5, 0.6) is 5.75 Å². The van der Waals surface area contributed by atoms with Gasteiger partial charge in [-0.2, -0.15) is 5.26 Å². The number of rotatable bonds is 8. The highest BCUT2D eigenvalue weighted by Crippen LogP contribution is 2.42. The molecule has 1 amide bonds. The molecule has 4 nitrogen and oxygen atoms in total. The van der Waals surface area contributed by atoms with Gasteiger partial charge in [-0.05, 0) is 71.8 Å². The van der Waals surface area contributed by atoms with Gasteiger partial charge in [0.1, 0.15) is 5.75 Å². The van der Waals surface area contributed by atoms with E-state index in [1.165, 1.54) is 0 Å². The molecule has 1 fully saturated rings. The van der Waals surface area contributed by atoms with Gasteiger partial charge in [0.15, 0.2) is 0 Å². The summed E-state index contributed by atoms with van der Waals surface area (Å²) in [7, 11) is 1.65. The van der Waals surface area contributed by atoms with Crippen molar-refractivity contribution >= 4 is 17.5 Å². The average Bonchev–Trinajstić information content (AvgIpc) is 3.40. The van der Waals surface area contributed by atoms with Crippen molar-refractivity contribution in [1.29, 1.82) is 5.26 Å². The highest BCUT2D eigenvalue weighted by atomic mass is 35.5. The Morgan fingerprint density at radius 3 is 2.37 bits per heavy atom. The molecule has 180 valence electrons. The molecule has 4 rings (SSSR count). The zero-order valence-corrected chi connectivity index (χ0v) is 21.0. The lowest BCUT2D eigenvalue weighted by Crippen LogP contribution is -2.44. The van der Waals surface area contributed by atoms with Crippen LogP contribution in [0.2, 0.25) is 5.02 Å². The SMILES string of the molecule is COc1ccc(C2(C(=O)NCC(c3cccc(C#N)c3)C(C)c3ccc(Cl)cc3)CCCC2)cc1. The van der Waals surface area contributed by atoms with Gasteiger partial charge >= 0.3 is 0 Å². The molecule has 0 aromatic heterocycles. The van der Waals surface area contributed by atoms with Crippen LogP contribution >= 0.6 is 11.6 Å². The minimum absolute atomic E-state index is 0.00254. The molecule has 0 bridgehead atoms. The summed E-state index contributed by atoms with van der Waals surface area (Å²) in [4.78, 5) is 13.8. The molecular weight excluding hydrogens is 456 g/mol. The summed E-state index contributed by atoms with van der Waals surface area (Å²) >= 11 is 6.12. The van der Waals surface area contributed by atoms with Gasteiger partial charge in [0.2, 0.25) is 5.91 Å². The smallest absolute Gasteiger partial charge is 0.230 e. The summed E-state index contributed by atoms with van der Waals surface area (Å²) < 4.78 is 5.32. The maximum absolute atomic E-state index is 13.8. The number of amides is 1. The Morgan fingerprint density at radius 2 is 1.74 bits per heavy atom. The second-order valence-corrected chi connectivity index (χ2v) is 9.85. The Kier molecular flexibility index (Phi) is 7.78. The number of hydrogen-bond acceptors (Lipinski definition) is 3. The highest BCUT2D eigenvalue weighted by Gasteiger charge is 2.42. The molecule has 0 aliphatic heterocycles. The van der Waals surface area contributed by atoms with Gasteiger partial charge < -0.3 is 10.1 Å². The van der Waals surface area contributed by atoms with Crippen molar-refractivity contribution in [1.82, 2.24) is 5.32 Å². The van der Waals surface area contributed by atoms with E-state index in [-0.39, 0.29) is 17.7 Å². The monoisotopic (exact) mass is 486 g/mol. The number of nitriles is 1. The lowest BCUT2D eigenvalue weighted by molar-refractivity contribution is -0.126. The van der Waals surface area contributed by atoms with Crippen LogP contribution in [0.25, 0.3) is 0 Å². The number of ether oxygens (including phenoxy) is 1. The summed E-state index contributed by atoms with van der Waals surface area (Å²) in [6, 6.07) is 25.7. The molecule has 3 aromatic carbocycles. The van der Waals surface area contributed by atoms with Gasteiger partial charge in [-0.1, -0.05) is 67.8 Å². The number of methoxy groups -OCH3 is 1. The normalized spacial score (nSPS) is 16.2. The number of halogens is 1. The van der Waals surface area contributed by atoms with E-state index in [1.807, 2.05) is 72.8 Å². The maximum atomic E-state index is 13.8. The molecule has 2 unspecified atom stereocenters. The van der Waals surface area contributed by atoms with E-state index in [0.717, 1.165) is 48.1 Å². The number of hydrogen-bond donors (Lipinski definition) is 1. The van der Waals surface area contributed by atoms with Crippen LogP contribution in [0, 0.1) is 11.3 Å². The minimum atomic E-state index is -0.519. The van der Waals surface area contributed by atoms with Crippen LogP contribution in [-0.4, -0.2) is 19.6 Å². The predicted molar refractivity (Wildman–Crippen MR) is 140 cm³/mol. The molecule has 0 radical (unpaired) electrons. The molecule has 0 spiro atoms. The molecular formula is C30H31ClN2O2. The van der Waals surface area contributed by atoms with E-state index >= 15 is 0 Å². The lowest BCUT2D eigenvalue weighted by Gasteiger charge is -2.31. The van der Waals surface area contributed by atoms with Gasteiger partial charge in [-0.25, -0.2) is 0 Å². The van der Waals surface area contributed by atoms with Gasteiger partial charge in [-0.15, -0.1) is 0 Å². The molecule has 3 aromatic rings. The number of nitrogens with one attached hydrogen (secondary N) is 1. The Morgan fingerprint density at radius 1 is 1.06 bits per heavy atom. The Bertz CT molecular complexity index is 1190. The van der Waals surface area contributed by atoms with E-state index in [0.29, 0.717) is 17.1 Å². The van der Waals surface area contributed by atoms with Gasteiger partial charge in [0.25, 0.3) is 0 Å². The fourth-order valence-electron chi connectivity index (χ4n) is 5.33. The first kappa shape index (κ1) is 24.8. The Labute approximate surface area is 212 Å². The fraction of sp³-hybridized carbons (Fsp3) is 0.333. The van der Waals surface area contributed by atoms with E-state index in [1.54, 1.807) is 7.11 Å². The number of benzene rings is 3. The Hall–Kier alpha value is -3.29. The van der Waals surface area contributed by atoms with Gasteiger partial charge in [0.05, 0.1) is 24.2 Å². The predicted octanol–water partition coefficient (Wildman–Crippen LogP) is 6.74. The van der Waals surface area contributed by atoms with E-state index in [4.69, 9.17) is 16.3 Å². The van der Waals surface area contributed by atoms with Crippen molar-refractivity contribution in [3.8, 4) is 11.8 Å². The van der Waals surface area contributed by atoms with Gasteiger partial charge in [0, 0.05) is 17.5 Å². The van der Waals surface area contributed by atoms with Gasteiger partial charge in [-0.3, -0.25) is 4.79 Å². The second-order valence-electron chi connectivity index (χ2n) is 9.41. The molecule has 1 N–H and O–H groups in total. The third kappa shape index (κ3) is 5.36. The van der Waals surface area contributed by atoms with E-state index < -0.39 is 5.41 Å². The first-order chi connectivity index (χ1) is 17.0. The van der Waals surface area contributed by atoms with Crippen LogP contribution in [0.15, 0.2) is 72.8 Å². The van der Waals surface area contributed by atoms with Crippen LogP contribution in [0.4, 0.5) is 0 Å². The van der Waals surface area contributed by atoms with Crippen molar-refractivity contribution in [2.75, 3.05) is 13.7 Å². The summed E-state index contributed by atoms with van der Waals surface area (Å²) in [6.07, 6.45) is 3.75. The molecule has 1 saturated carbocycles. The zero-order valence-electron chi connectivity index (χ0n) is 20.3. The van der Waals surface area contributed by atoms with Crippen molar-refractivity contribution in [2.24, 2.45) is 0 Å². The maximum Gasteiger partial charge on any atom is 0.230 e. The van der Waals surface area contributed by atoms with Crippen LogP contribution in [0.3, 0.4) is 0 Å². The van der Waals surface area contributed by atoms with Crippen molar-refractivity contribution in [3.05, 3.63) is 100 Å². The first-order valence-corrected chi connectivity index (χ1v) is 12.5. The first-order valence-electron chi connectivity index (χ1n) is 12.2. The third-order valence-electron chi connectivity index (χ3n) is 7.46. The largest absolute Gasteiger partial charge is 0.497 e. The Balaban J connectivity index is 1.61. The molecule has 35 heavy (non-hydrogen) atoms. The van der Waals surface area contributed by atoms with Crippen molar-refractivity contribution in [2.45, 2.75) is 49.9 Å². The van der Waals surface area contributed by atoms with Crippen LogP contribution < -0.4 is 10.1 Å². The standard InChI is InChI=1S/C30H31ClN2O2/c1-21(23-8-12-26(31)13-9-23)28(24-7-5-6-22(18-24)19-32)20-33-29(34)30(16-3-4-17-30)25-10-14-27(35-2)15-11-25/h5-15,18,21,28H,3-4,16-17,20H2,1-2H3,(H,33,34). The number of carbonyl (C=O) groups excluding carboxylic acids is 1. The zero-order chi connectivity index (χ0) is 24.8.